The second-order valence-electron chi connectivity index (χ2n) is 6.58. The van der Waals surface area contributed by atoms with E-state index in [-0.39, 0.29) is 35.0 Å². The van der Waals surface area contributed by atoms with E-state index in [1.54, 1.807) is 21.5 Å². The van der Waals surface area contributed by atoms with Crippen LogP contribution < -0.4 is 29.6 Å². The molecular weight excluding hydrogens is 243 g/mol. The molecule has 0 saturated carbocycles. The Morgan fingerprint density at radius 2 is 1.83 bits per heavy atom. The molecule has 0 radical (unpaired) electrons. The van der Waals surface area contributed by atoms with Crippen LogP contribution in [0.3, 0.4) is 0 Å². The Morgan fingerprint density at radius 1 is 1.22 bits per heavy atom. The van der Waals surface area contributed by atoms with Crippen molar-refractivity contribution >= 4 is 8.07 Å². The van der Waals surface area contributed by atoms with Gasteiger partial charge in [-0.2, -0.15) is 5.20 Å². The van der Waals surface area contributed by atoms with Crippen molar-refractivity contribution < 1.29 is 29.6 Å². The second-order valence-corrected chi connectivity index (χ2v) is 10.8. The molecule has 0 amide bonds. The van der Waals surface area contributed by atoms with Crippen molar-refractivity contribution in [2.45, 2.75) is 47.2 Å². The summed E-state index contributed by atoms with van der Waals surface area (Å²) in [4.78, 5) is 0. The van der Waals surface area contributed by atoms with Gasteiger partial charge in [0.1, 0.15) is 0 Å². The van der Waals surface area contributed by atoms with E-state index in [1.807, 2.05) is 0 Å². The van der Waals surface area contributed by atoms with Gasteiger partial charge in [-0.05, 0) is 20.3 Å². The van der Waals surface area contributed by atoms with Crippen LogP contribution in [-0.4, -0.2) is 8.07 Å². The monoisotopic (exact) mass is 264 g/mol. The van der Waals surface area contributed by atoms with Crippen molar-refractivity contribution in [2.75, 3.05) is 0 Å². The standard InChI is InChI=1S/C16H21Si.Na/c1-10-7-11(2)13(8-10)16(4)9-14-12(3)15(16)17(14,5)6;/h7H,8H2,1-6H3;/q-1;+1. The minimum atomic E-state index is -1.24. The van der Waals surface area contributed by atoms with Crippen LogP contribution in [0.2, 0.25) is 13.1 Å². The Morgan fingerprint density at radius 3 is 2.17 bits per heavy atom. The fourth-order valence-electron chi connectivity index (χ4n) is 4.41. The SMILES string of the molecule is CC1=CC(C)=C(C2(C)[C-]=C3C(C)=C2[Si]3(C)C)C1.[Na+]. The molecule has 0 N–H and O–H groups in total. The molecule has 90 valence electrons. The van der Waals surface area contributed by atoms with Gasteiger partial charge in [-0.1, -0.05) is 48.2 Å². The molecule has 1 atom stereocenters. The zero-order valence-corrected chi connectivity index (χ0v) is 15.8. The van der Waals surface area contributed by atoms with Crippen LogP contribution in [0.15, 0.2) is 38.8 Å². The van der Waals surface area contributed by atoms with Crippen LogP contribution in [-0.2, 0) is 0 Å². The van der Waals surface area contributed by atoms with E-state index < -0.39 is 8.07 Å². The average Bonchev–Trinajstić information content (AvgIpc) is 2.75. The molecule has 1 unspecified atom stereocenters. The average molecular weight is 264 g/mol. The van der Waals surface area contributed by atoms with Gasteiger partial charge in [-0.15, -0.1) is 6.92 Å². The van der Waals surface area contributed by atoms with Gasteiger partial charge in [0.05, 0.1) is 8.07 Å². The first-order valence-corrected chi connectivity index (χ1v) is 9.53. The van der Waals surface area contributed by atoms with Crippen LogP contribution in [0.4, 0.5) is 0 Å². The summed E-state index contributed by atoms with van der Waals surface area (Å²) in [6.45, 7) is 14.2. The molecule has 18 heavy (non-hydrogen) atoms. The molecule has 2 heterocycles. The van der Waals surface area contributed by atoms with Crippen molar-refractivity contribution in [2.24, 2.45) is 5.41 Å². The minimum Gasteiger partial charge on any atom is -0.263 e. The van der Waals surface area contributed by atoms with Crippen molar-refractivity contribution in [3.63, 3.8) is 0 Å². The molecule has 0 spiro atoms. The Bertz CT molecular complexity index is 558. The van der Waals surface area contributed by atoms with Crippen LogP contribution in [0.5, 0.6) is 0 Å². The van der Waals surface area contributed by atoms with Gasteiger partial charge in [0.15, 0.2) is 0 Å². The molecular formula is C16H21NaSi. The quantitative estimate of drug-likeness (QED) is 0.498. The maximum atomic E-state index is 3.85. The molecule has 2 bridgehead atoms. The maximum Gasteiger partial charge on any atom is 1.00 e. The largest absolute Gasteiger partial charge is 1.00 e. The molecule has 0 aromatic rings. The Hall–Kier alpha value is 0.177. The van der Waals surface area contributed by atoms with Gasteiger partial charge in [0.2, 0.25) is 0 Å². The van der Waals surface area contributed by atoms with E-state index >= 15 is 0 Å². The number of fused-ring (bicyclic) bond motifs is 1. The molecule has 0 aromatic carbocycles. The first-order chi connectivity index (χ1) is 7.78. The van der Waals surface area contributed by atoms with E-state index in [1.165, 1.54) is 11.1 Å². The Balaban J connectivity index is 0.00000120. The number of rotatable bonds is 1. The zero-order valence-electron chi connectivity index (χ0n) is 12.8. The third-order valence-corrected chi connectivity index (χ3v) is 8.75. The first kappa shape index (κ1) is 14.6. The van der Waals surface area contributed by atoms with Gasteiger partial charge in [-0.25, -0.2) is 10.8 Å². The van der Waals surface area contributed by atoms with Crippen LogP contribution >= 0.6 is 0 Å². The summed E-state index contributed by atoms with van der Waals surface area (Å²) in [6, 6.07) is 0. The van der Waals surface area contributed by atoms with E-state index in [0.717, 1.165) is 6.42 Å². The topological polar surface area (TPSA) is 0 Å². The molecule has 0 saturated heterocycles. The van der Waals surface area contributed by atoms with Crippen LogP contribution in [0.25, 0.3) is 0 Å². The second kappa shape index (κ2) is 4.08. The van der Waals surface area contributed by atoms with Gasteiger partial charge in [0, 0.05) is 0 Å². The molecule has 2 aliphatic carbocycles. The van der Waals surface area contributed by atoms with Crippen molar-refractivity contribution in [3.8, 4) is 0 Å². The fraction of sp³-hybridized carbons (Fsp3) is 0.500. The summed E-state index contributed by atoms with van der Waals surface area (Å²) < 4.78 is 0. The molecule has 0 aromatic heterocycles. The predicted molar refractivity (Wildman–Crippen MR) is 76.1 cm³/mol. The number of hydrogen-bond donors (Lipinski definition) is 0. The zero-order chi connectivity index (χ0) is 12.6. The summed E-state index contributed by atoms with van der Waals surface area (Å²) >= 11 is 0. The fourth-order valence-corrected chi connectivity index (χ4v) is 8.62. The van der Waals surface area contributed by atoms with E-state index in [0.29, 0.717) is 0 Å². The summed E-state index contributed by atoms with van der Waals surface area (Å²) in [7, 11) is -1.24. The van der Waals surface area contributed by atoms with Crippen LogP contribution in [0.1, 0.15) is 34.1 Å². The van der Waals surface area contributed by atoms with Crippen molar-refractivity contribution in [3.05, 3.63) is 44.8 Å². The van der Waals surface area contributed by atoms with E-state index in [4.69, 9.17) is 0 Å². The smallest absolute Gasteiger partial charge is 0.263 e. The van der Waals surface area contributed by atoms with E-state index in [2.05, 4.69) is 52.9 Å². The van der Waals surface area contributed by atoms with Crippen molar-refractivity contribution in [1.82, 2.24) is 0 Å². The van der Waals surface area contributed by atoms with Gasteiger partial charge >= 0.3 is 29.6 Å². The Kier molecular flexibility index (Phi) is 3.31. The molecule has 2 aliphatic heterocycles. The van der Waals surface area contributed by atoms with Gasteiger partial charge < -0.3 is 0 Å². The summed E-state index contributed by atoms with van der Waals surface area (Å²) in [6.07, 6.45) is 7.36. The van der Waals surface area contributed by atoms with E-state index in [9.17, 15) is 0 Å². The normalized spacial score (nSPS) is 32.1. The predicted octanol–water partition coefficient (Wildman–Crippen LogP) is 1.52. The molecule has 0 nitrogen and oxygen atoms in total. The molecule has 4 aliphatic rings. The summed E-state index contributed by atoms with van der Waals surface area (Å²) in [5.41, 5.74) is 6.31. The molecule has 4 rings (SSSR count). The summed E-state index contributed by atoms with van der Waals surface area (Å²) in [5, 5.41) is 3.34. The molecule has 2 heteroatoms. The Labute approximate surface area is 134 Å². The number of hydrogen-bond acceptors (Lipinski definition) is 0. The van der Waals surface area contributed by atoms with Gasteiger partial charge in [0.25, 0.3) is 0 Å². The molecule has 0 fully saturated rings. The third-order valence-electron chi connectivity index (χ3n) is 4.87. The first-order valence-electron chi connectivity index (χ1n) is 6.53. The number of allylic oxidation sites excluding steroid dienone is 8. The van der Waals surface area contributed by atoms with Gasteiger partial charge in [-0.3, -0.25) is 6.08 Å². The van der Waals surface area contributed by atoms with Crippen molar-refractivity contribution in [1.29, 1.82) is 0 Å². The maximum absolute atomic E-state index is 3.85. The van der Waals surface area contributed by atoms with Crippen LogP contribution in [0, 0.1) is 11.5 Å². The minimum absolute atomic E-state index is 0. The summed E-state index contributed by atoms with van der Waals surface area (Å²) in [5.74, 6) is 0. The third kappa shape index (κ3) is 1.54.